The molecular weight excluding hydrogens is 228 g/mol. The van der Waals surface area contributed by atoms with Crippen LogP contribution in [-0.2, 0) is 0 Å². The number of rotatable bonds is 2. The Morgan fingerprint density at radius 1 is 1.56 bits per heavy atom. The van der Waals surface area contributed by atoms with Crippen LogP contribution in [-0.4, -0.2) is 42.8 Å². The first-order chi connectivity index (χ1) is 7.33. The summed E-state index contributed by atoms with van der Waals surface area (Å²) in [6.45, 7) is 5.09. The Labute approximate surface area is 102 Å². The molecule has 1 atom stereocenters. The molecule has 0 saturated carbocycles. The second-order valence-electron chi connectivity index (χ2n) is 3.66. The standard InChI is InChI=1S/C10H16N4O.ClH/c1-8-5-11-3-4-14(8)10-9(15-2)6-12-7-13-10;/h6-8,11H,3-5H2,1-2H3;1H. The summed E-state index contributed by atoms with van der Waals surface area (Å²) in [4.78, 5) is 10.5. The summed E-state index contributed by atoms with van der Waals surface area (Å²) in [6.07, 6.45) is 3.27. The molecule has 0 bridgehead atoms. The fourth-order valence-electron chi connectivity index (χ4n) is 1.83. The summed E-state index contributed by atoms with van der Waals surface area (Å²) in [5.74, 6) is 1.63. The number of piperazine rings is 1. The molecule has 1 N–H and O–H groups in total. The van der Waals surface area contributed by atoms with Crippen LogP contribution < -0.4 is 15.0 Å². The zero-order chi connectivity index (χ0) is 10.7. The van der Waals surface area contributed by atoms with Crippen LogP contribution >= 0.6 is 12.4 Å². The highest BCUT2D eigenvalue weighted by Crippen LogP contribution is 2.25. The maximum atomic E-state index is 5.26. The predicted molar refractivity (Wildman–Crippen MR) is 65.5 cm³/mol. The molecule has 16 heavy (non-hydrogen) atoms. The van der Waals surface area contributed by atoms with Gasteiger partial charge in [-0.25, -0.2) is 9.97 Å². The van der Waals surface area contributed by atoms with Gasteiger partial charge in [0.2, 0.25) is 0 Å². The molecule has 1 aliphatic heterocycles. The van der Waals surface area contributed by atoms with E-state index in [0.717, 1.165) is 31.2 Å². The third kappa shape index (κ3) is 2.54. The van der Waals surface area contributed by atoms with Gasteiger partial charge in [-0.2, -0.15) is 0 Å². The topological polar surface area (TPSA) is 50.3 Å². The van der Waals surface area contributed by atoms with Gasteiger partial charge >= 0.3 is 0 Å². The number of halogens is 1. The van der Waals surface area contributed by atoms with E-state index >= 15 is 0 Å². The van der Waals surface area contributed by atoms with E-state index in [1.54, 1.807) is 19.6 Å². The van der Waals surface area contributed by atoms with Crippen LogP contribution in [0.4, 0.5) is 5.82 Å². The first-order valence-electron chi connectivity index (χ1n) is 5.14. The summed E-state index contributed by atoms with van der Waals surface area (Å²) >= 11 is 0. The fourth-order valence-corrected chi connectivity index (χ4v) is 1.83. The molecule has 2 rings (SSSR count). The highest BCUT2D eigenvalue weighted by Gasteiger charge is 2.22. The van der Waals surface area contributed by atoms with Gasteiger partial charge in [0.05, 0.1) is 13.3 Å². The molecule has 90 valence electrons. The Kier molecular flexibility index (Phi) is 4.76. The Balaban J connectivity index is 0.00000128. The van der Waals surface area contributed by atoms with Crippen molar-refractivity contribution in [2.45, 2.75) is 13.0 Å². The van der Waals surface area contributed by atoms with Gasteiger partial charge < -0.3 is 15.0 Å². The van der Waals surface area contributed by atoms with Crippen molar-refractivity contribution in [2.24, 2.45) is 0 Å². The van der Waals surface area contributed by atoms with Gasteiger partial charge in [0, 0.05) is 25.7 Å². The minimum absolute atomic E-state index is 0. The van der Waals surface area contributed by atoms with Crippen LogP contribution in [0, 0.1) is 0 Å². The molecule has 6 heteroatoms. The summed E-state index contributed by atoms with van der Waals surface area (Å²) in [5, 5.41) is 3.35. The molecule has 1 aromatic rings. The van der Waals surface area contributed by atoms with Gasteiger partial charge in [0.1, 0.15) is 6.33 Å². The summed E-state index contributed by atoms with van der Waals surface area (Å²) in [6, 6.07) is 0.433. The first kappa shape index (κ1) is 13.0. The number of aromatic nitrogens is 2. The largest absolute Gasteiger partial charge is 0.491 e. The van der Waals surface area contributed by atoms with Crippen LogP contribution in [0.2, 0.25) is 0 Å². The molecule has 0 aliphatic carbocycles. The van der Waals surface area contributed by atoms with E-state index in [1.165, 1.54) is 0 Å². The van der Waals surface area contributed by atoms with Crippen molar-refractivity contribution in [1.29, 1.82) is 0 Å². The quantitative estimate of drug-likeness (QED) is 0.830. The number of hydrogen-bond acceptors (Lipinski definition) is 5. The number of ether oxygens (including phenoxy) is 1. The first-order valence-corrected chi connectivity index (χ1v) is 5.14. The Bertz CT molecular complexity index is 336. The predicted octanol–water partition coefficient (Wildman–Crippen LogP) is 0.705. The number of methoxy groups -OCH3 is 1. The maximum Gasteiger partial charge on any atom is 0.179 e. The van der Waals surface area contributed by atoms with Crippen LogP contribution in [0.3, 0.4) is 0 Å². The van der Waals surface area contributed by atoms with Crippen molar-refractivity contribution in [3.63, 3.8) is 0 Å². The van der Waals surface area contributed by atoms with Crippen molar-refractivity contribution in [1.82, 2.24) is 15.3 Å². The molecule has 1 unspecified atom stereocenters. The SMILES string of the molecule is COc1cncnc1N1CCNCC1C.Cl. The van der Waals surface area contributed by atoms with Gasteiger partial charge in [-0.3, -0.25) is 0 Å². The lowest BCUT2D eigenvalue weighted by Crippen LogP contribution is -2.50. The van der Waals surface area contributed by atoms with Crippen LogP contribution in [0.25, 0.3) is 0 Å². The number of hydrogen-bond donors (Lipinski definition) is 1. The second kappa shape index (κ2) is 5.86. The molecule has 0 spiro atoms. The van der Waals surface area contributed by atoms with Crippen molar-refractivity contribution in [2.75, 3.05) is 31.6 Å². The summed E-state index contributed by atoms with van der Waals surface area (Å²) in [5.41, 5.74) is 0. The molecule has 5 nitrogen and oxygen atoms in total. The van der Waals surface area contributed by atoms with Crippen molar-refractivity contribution in [3.8, 4) is 5.75 Å². The molecule has 0 radical (unpaired) electrons. The second-order valence-corrected chi connectivity index (χ2v) is 3.66. The van der Waals surface area contributed by atoms with E-state index in [4.69, 9.17) is 4.74 Å². The molecule has 0 aromatic carbocycles. The highest BCUT2D eigenvalue weighted by atomic mass is 35.5. The molecule has 1 aromatic heterocycles. The van der Waals surface area contributed by atoms with Crippen molar-refractivity contribution in [3.05, 3.63) is 12.5 Å². The lowest BCUT2D eigenvalue weighted by molar-refractivity contribution is 0.404. The van der Waals surface area contributed by atoms with Crippen molar-refractivity contribution >= 4 is 18.2 Å². The zero-order valence-electron chi connectivity index (χ0n) is 9.51. The Hall–Kier alpha value is -1.07. The highest BCUT2D eigenvalue weighted by molar-refractivity contribution is 5.85. The average Bonchev–Trinajstić information content (AvgIpc) is 2.30. The van der Waals surface area contributed by atoms with Gasteiger partial charge in [0.25, 0.3) is 0 Å². The number of nitrogens with zero attached hydrogens (tertiary/aromatic N) is 3. The zero-order valence-corrected chi connectivity index (χ0v) is 10.3. The average molecular weight is 245 g/mol. The minimum Gasteiger partial charge on any atom is -0.491 e. The molecular formula is C10H17ClN4O. The van der Waals surface area contributed by atoms with Crippen LogP contribution in [0.1, 0.15) is 6.92 Å². The smallest absolute Gasteiger partial charge is 0.179 e. The lowest BCUT2D eigenvalue weighted by atomic mass is 10.2. The van der Waals surface area contributed by atoms with E-state index in [0.29, 0.717) is 6.04 Å². The Morgan fingerprint density at radius 3 is 3.06 bits per heavy atom. The van der Waals surface area contributed by atoms with Crippen LogP contribution in [0.5, 0.6) is 5.75 Å². The van der Waals surface area contributed by atoms with Gasteiger partial charge in [-0.1, -0.05) is 0 Å². The van der Waals surface area contributed by atoms with E-state index < -0.39 is 0 Å². The lowest BCUT2D eigenvalue weighted by Gasteiger charge is -2.35. The van der Waals surface area contributed by atoms with Crippen molar-refractivity contribution < 1.29 is 4.74 Å². The third-order valence-electron chi connectivity index (χ3n) is 2.65. The number of anilines is 1. The van der Waals surface area contributed by atoms with E-state index in [1.807, 2.05) is 0 Å². The summed E-state index contributed by atoms with van der Waals surface area (Å²) < 4.78 is 5.26. The minimum atomic E-state index is 0. The number of nitrogens with one attached hydrogen (secondary N) is 1. The Morgan fingerprint density at radius 2 is 2.38 bits per heavy atom. The molecule has 2 heterocycles. The third-order valence-corrected chi connectivity index (χ3v) is 2.65. The fraction of sp³-hybridized carbons (Fsp3) is 0.600. The molecule has 1 aliphatic rings. The summed E-state index contributed by atoms with van der Waals surface area (Å²) in [7, 11) is 1.65. The van der Waals surface area contributed by atoms with Gasteiger partial charge in [0.15, 0.2) is 11.6 Å². The maximum absolute atomic E-state index is 5.26. The molecule has 0 amide bonds. The van der Waals surface area contributed by atoms with Gasteiger partial charge in [-0.15, -0.1) is 12.4 Å². The van der Waals surface area contributed by atoms with Gasteiger partial charge in [-0.05, 0) is 6.92 Å². The molecule has 1 saturated heterocycles. The van der Waals surface area contributed by atoms with E-state index in [9.17, 15) is 0 Å². The monoisotopic (exact) mass is 244 g/mol. The van der Waals surface area contributed by atoms with E-state index in [2.05, 4.69) is 27.1 Å². The van der Waals surface area contributed by atoms with E-state index in [-0.39, 0.29) is 12.4 Å². The normalized spacial score (nSPS) is 20.1. The van der Waals surface area contributed by atoms with Crippen LogP contribution in [0.15, 0.2) is 12.5 Å². The molecule has 1 fully saturated rings.